The summed E-state index contributed by atoms with van der Waals surface area (Å²) >= 11 is 0. The van der Waals surface area contributed by atoms with Gasteiger partial charge in [0.1, 0.15) is 17.1 Å². The van der Waals surface area contributed by atoms with Gasteiger partial charge in [0.25, 0.3) is 0 Å². The minimum Gasteiger partial charge on any atom is -0.494 e. The maximum absolute atomic E-state index is 12.7. The van der Waals surface area contributed by atoms with Crippen molar-refractivity contribution in [2.45, 2.75) is 44.1 Å². The molecule has 1 aliphatic carbocycles. The fourth-order valence-electron chi connectivity index (χ4n) is 2.65. The van der Waals surface area contributed by atoms with Gasteiger partial charge in [0.2, 0.25) is 5.91 Å². The molecule has 1 aliphatic rings. The van der Waals surface area contributed by atoms with Gasteiger partial charge in [-0.05, 0) is 43.5 Å². The van der Waals surface area contributed by atoms with Crippen molar-refractivity contribution in [2.75, 3.05) is 6.61 Å². The predicted molar refractivity (Wildman–Crippen MR) is 78.1 cm³/mol. The molecule has 0 unspecified atom stereocenters. The fourth-order valence-corrected chi connectivity index (χ4v) is 2.65. The Morgan fingerprint density at radius 2 is 1.86 bits per heavy atom. The van der Waals surface area contributed by atoms with Crippen LogP contribution in [0.3, 0.4) is 0 Å². The molecule has 0 aliphatic heterocycles. The molecule has 0 saturated heterocycles. The van der Waals surface area contributed by atoms with Crippen LogP contribution in [-0.2, 0) is 9.59 Å². The van der Waals surface area contributed by atoms with Gasteiger partial charge in [0, 0.05) is 6.42 Å². The van der Waals surface area contributed by atoms with Crippen molar-refractivity contribution in [3.05, 3.63) is 30.1 Å². The van der Waals surface area contributed by atoms with Gasteiger partial charge in [-0.2, -0.15) is 0 Å². The van der Waals surface area contributed by atoms with Crippen LogP contribution in [0.15, 0.2) is 24.3 Å². The third-order valence-corrected chi connectivity index (χ3v) is 3.88. The van der Waals surface area contributed by atoms with Crippen LogP contribution < -0.4 is 10.1 Å². The number of carbonyl (C=O) groups excluding carboxylic acids is 1. The number of benzene rings is 1. The number of hydrogen-bond donors (Lipinski definition) is 2. The lowest BCUT2D eigenvalue weighted by atomic mass is 9.97. The summed E-state index contributed by atoms with van der Waals surface area (Å²) in [6, 6.07) is 5.65. The monoisotopic (exact) mass is 309 g/mol. The molecule has 2 N–H and O–H groups in total. The van der Waals surface area contributed by atoms with E-state index in [0.29, 0.717) is 31.6 Å². The van der Waals surface area contributed by atoms with E-state index in [9.17, 15) is 19.1 Å². The topological polar surface area (TPSA) is 75.6 Å². The van der Waals surface area contributed by atoms with Crippen molar-refractivity contribution < 1.29 is 23.8 Å². The Bertz CT molecular complexity index is 523. The Balaban J connectivity index is 1.71. The molecule has 0 atom stereocenters. The SMILES string of the molecule is O=C(CCCOc1ccc(F)cc1)NC1(C(=O)O)CCCC1. The van der Waals surface area contributed by atoms with Crippen molar-refractivity contribution in [2.24, 2.45) is 0 Å². The van der Waals surface area contributed by atoms with Crippen molar-refractivity contribution in [1.82, 2.24) is 5.32 Å². The summed E-state index contributed by atoms with van der Waals surface area (Å²) in [5, 5.41) is 11.9. The van der Waals surface area contributed by atoms with Crippen LogP contribution in [0.4, 0.5) is 4.39 Å². The van der Waals surface area contributed by atoms with Gasteiger partial charge < -0.3 is 15.2 Å². The maximum Gasteiger partial charge on any atom is 0.329 e. The van der Waals surface area contributed by atoms with Crippen LogP contribution in [0.5, 0.6) is 5.75 Å². The van der Waals surface area contributed by atoms with Crippen molar-refractivity contribution in [1.29, 1.82) is 0 Å². The highest BCUT2D eigenvalue weighted by Gasteiger charge is 2.42. The molecule has 6 heteroatoms. The van der Waals surface area contributed by atoms with Crippen LogP contribution in [0.1, 0.15) is 38.5 Å². The molecule has 0 aromatic heterocycles. The largest absolute Gasteiger partial charge is 0.494 e. The summed E-state index contributed by atoms with van der Waals surface area (Å²) in [6.45, 7) is 0.319. The fraction of sp³-hybridized carbons (Fsp3) is 0.500. The number of nitrogens with one attached hydrogen (secondary N) is 1. The summed E-state index contributed by atoms with van der Waals surface area (Å²) in [5.41, 5.74) is -1.09. The number of rotatable bonds is 7. The lowest BCUT2D eigenvalue weighted by Crippen LogP contribution is -2.52. The van der Waals surface area contributed by atoms with E-state index in [1.54, 1.807) is 0 Å². The molecule has 22 heavy (non-hydrogen) atoms. The highest BCUT2D eigenvalue weighted by atomic mass is 19.1. The van der Waals surface area contributed by atoms with E-state index < -0.39 is 11.5 Å². The summed E-state index contributed by atoms with van der Waals surface area (Å²) in [5.74, 6) is -1.02. The van der Waals surface area contributed by atoms with Crippen LogP contribution in [0, 0.1) is 5.82 Å². The number of ether oxygens (including phenoxy) is 1. The first-order chi connectivity index (χ1) is 10.5. The average Bonchev–Trinajstić information content (AvgIpc) is 2.95. The van der Waals surface area contributed by atoms with E-state index in [0.717, 1.165) is 12.8 Å². The zero-order valence-electron chi connectivity index (χ0n) is 12.3. The number of hydrogen-bond acceptors (Lipinski definition) is 3. The van der Waals surface area contributed by atoms with Crippen LogP contribution in [0.2, 0.25) is 0 Å². The summed E-state index contributed by atoms with van der Waals surface area (Å²) in [6.07, 6.45) is 3.29. The molecule has 1 aromatic rings. The molecule has 1 fully saturated rings. The molecule has 0 spiro atoms. The van der Waals surface area contributed by atoms with Gasteiger partial charge in [-0.3, -0.25) is 4.79 Å². The summed E-state index contributed by atoms with van der Waals surface area (Å²) in [7, 11) is 0. The van der Waals surface area contributed by atoms with Crippen molar-refractivity contribution in [3.8, 4) is 5.75 Å². The normalized spacial score (nSPS) is 16.2. The summed E-state index contributed by atoms with van der Waals surface area (Å²) < 4.78 is 18.1. The van der Waals surface area contributed by atoms with Gasteiger partial charge in [-0.15, -0.1) is 0 Å². The number of halogens is 1. The van der Waals surface area contributed by atoms with Crippen LogP contribution in [0.25, 0.3) is 0 Å². The second kappa shape index (κ2) is 7.24. The predicted octanol–water partition coefficient (Wildman–Crippen LogP) is 2.50. The molecule has 1 amide bonds. The van der Waals surface area contributed by atoms with Gasteiger partial charge in [0.05, 0.1) is 6.61 Å². The molecule has 1 aromatic carbocycles. The first kappa shape index (κ1) is 16.3. The second-order valence-electron chi connectivity index (χ2n) is 5.55. The number of amides is 1. The summed E-state index contributed by atoms with van der Waals surface area (Å²) in [4.78, 5) is 23.2. The second-order valence-corrected chi connectivity index (χ2v) is 5.55. The van der Waals surface area contributed by atoms with E-state index in [1.807, 2.05) is 0 Å². The number of carboxylic acid groups (broad SMARTS) is 1. The number of carboxylic acids is 1. The van der Waals surface area contributed by atoms with Crippen molar-refractivity contribution in [3.63, 3.8) is 0 Å². The quantitative estimate of drug-likeness (QED) is 0.759. The van der Waals surface area contributed by atoms with E-state index >= 15 is 0 Å². The Labute approximate surface area is 128 Å². The van der Waals surface area contributed by atoms with Gasteiger partial charge in [0.15, 0.2) is 0 Å². The Hall–Kier alpha value is -2.11. The zero-order chi connectivity index (χ0) is 16.0. The smallest absolute Gasteiger partial charge is 0.329 e. The number of carbonyl (C=O) groups is 2. The van der Waals surface area contributed by atoms with Crippen molar-refractivity contribution >= 4 is 11.9 Å². The molecule has 1 saturated carbocycles. The highest BCUT2D eigenvalue weighted by molar-refractivity contribution is 5.87. The maximum atomic E-state index is 12.7. The first-order valence-electron chi connectivity index (χ1n) is 7.45. The molecule has 5 nitrogen and oxygen atoms in total. The minimum absolute atomic E-state index is 0.205. The molecule has 120 valence electrons. The third kappa shape index (κ3) is 4.19. The van der Waals surface area contributed by atoms with Gasteiger partial charge in [-0.1, -0.05) is 12.8 Å². The molecular formula is C16H20FNO4. The average molecular weight is 309 g/mol. The zero-order valence-corrected chi connectivity index (χ0v) is 12.3. The standard InChI is InChI=1S/C16H20FNO4/c17-12-5-7-13(8-6-12)22-11-3-4-14(19)18-16(15(20)21)9-1-2-10-16/h5-8H,1-4,9-11H2,(H,18,19)(H,20,21). The Morgan fingerprint density at radius 3 is 2.45 bits per heavy atom. The lowest BCUT2D eigenvalue weighted by Gasteiger charge is -2.25. The highest BCUT2D eigenvalue weighted by Crippen LogP contribution is 2.30. The lowest BCUT2D eigenvalue weighted by molar-refractivity contribution is -0.147. The molecule has 0 bridgehead atoms. The molecule has 0 radical (unpaired) electrons. The van der Waals surface area contributed by atoms with E-state index in [-0.39, 0.29) is 18.1 Å². The first-order valence-corrected chi connectivity index (χ1v) is 7.45. The minimum atomic E-state index is -1.09. The van der Waals surface area contributed by atoms with Gasteiger partial charge >= 0.3 is 5.97 Å². The molecular weight excluding hydrogens is 289 g/mol. The molecule has 2 rings (SSSR count). The molecule has 0 heterocycles. The van der Waals surface area contributed by atoms with Crippen LogP contribution >= 0.6 is 0 Å². The van der Waals surface area contributed by atoms with E-state index in [1.165, 1.54) is 24.3 Å². The van der Waals surface area contributed by atoms with Gasteiger partial charge in [-0.25, -0.2) is 9.18 Å². The van der Waals surface area contributed by atoms with Crippen LogP contribution in [-0.4, -0.2) is 29.1 Å². The Morgan fingerprint density at radius 1 is 1.23 bits per heavy atom. The van der Waals surface area contributed by atoms with E-state index in [2.05, 4.69) is 5.32 Å². The Kier molecular flexibility index (Phi) is 5.35. The third-order valence-electron chi connectivity index (χ3n) is 3.88. The van der Waals surface area contributed by atoms with E-state index in [4.69, 9.17) is 4.74 Å². The number of aliphatic carboxylic acids is 1.